The summed E-state index contributed by atoms with van der Waals surface area (Å²) in [7, 11) is 0. The van der Waals surface area contributed by atoms with Gasteiger partial charge in [-0.15, -0.1) is 0 Å². The van der Waals surface area contributed by atoms with Crippen molar-refractivity contribution in [2.24, 2.45) is 0 Å². The number of nitrogen functional groups attached to an aromatic ring is 1. The second kappa shape index (κ2) is 7.53. The molecule has 6 nitrogen and oxygen atoms in total. The Hall–Kier alpha value is -3.59. The van der Waals surface area contributed by atoms with Crippen LogP contribution in [0.1, 0.15) is 28.5 Å². The molecule has 1 aromatic heterocycles. The molecular formula is C20H18N4O2. The molecule has 26 heavy (non-hydrogen) atoms. The quantitative estimate of drug-likeness (QED) is 0.739. The number of ether oxygens (including phenoxy) is 1. The van der Waals surface area contributed by atoms with Gasteiger partial charge in [-0.05, 0) is 29.3 Å². The smallest absolute Gasteiger partial charge is 0.270 e. The van der Waals surface area contributed by atoms with Crippen LogP contribution in [0.15, 0.2) is 48.5 Å². The molecule has 0 saturated carbocycles. The number of nitrogens with one attached hydrogen (secondary N) is 1. The number of aromatic nitrogens is 1. The van der Waals surface area contributed by atoms with Gasteiger partial charge in [0.15, 0.2) is 0 Å². The van der Waals surface area contributed by atoms with Crippen LogP contribution in [-0.2, 0) is 6.54 Å². The molecule has 0 spiro atoms. The molecule has 3 N–H and O–H groups in total. The summed E-state index contributed by atoms with van der Waals surface area (Å²) < 4.78 is 5.33. The summed E-state index contributed by atoms with van der Waals surface area (Å²) in [5.41, 5.74) is 7.28. The van der Waals surface area contributed by atoms with Gasteiger partial charge in [0, 0.05) is 6.54 Å². The van der Waals surface area contributed by atoms with E-state index >= 15 is 0 Å². The van der Waals surface area contributed by atoms with Gasteiger partial charge in [0.05, 0.1) is 12.3 Å². The average Bonchev–Trinajstić information content (AvgIpc) is 2.66. The van der Waals surface area contributed by atoms with E-state index < -0.39 is 0 Å². The topological polar surface area (TPSA) is 101 Å². The van der Waals surface area contributed by atoms with Gasteiger partial charge < -0.3 is 15.8 Å². The number of hydrogen-bond donors (Lipinski definition) is 2. The lowest BCUT2D eigenvalue weighted by Gasteiger charge is -2.11. The van der Waals surface area contributed by atoms with Gasteiger partial charge in [0.1, 0.15) is 17.3 Å². The molecule has 6 heteroatoms. The van der Waals surface area contributed by atoms with Crippen molar-refractivity contribution in [2.75, 3.05) is 12.3 Å². The molecule has 0 radical (unpaired) electrons. The minimum Gasteiger partial charge on any atom is -0.477 e. The lowest BCUT2D eigenvalue weighted by atomic mass is 10.0. The molecule has 0 fully saturated rings. The fourth-order valence-corrected chi connectivity index (χ4v) is 2.72. The molecule has 2 aromatic carbocycles. The Morgan fingerprint density at radius 3 is 2.81 bits per heavy atom. The molecule has 0 saturated heterocycles. The van der Waals surface area contributed by atoms with E-state index in [2.05, 4.69) is 10.3 Å². The monoisotopic (exact) mass is 346 g/mol. The second-order valence-corrected chi connectivity index (χ2v) is 5.64. The van der Waals surface area contributed by atoms with Gasteiger partial charge >= 0.3 is 0 Å². The predicted octanol–water partition coefficient (Wildman–Crippen LogP) is 3.02. The first-order chi connectivity index (χ1) is 12.6. The van der Waals surface area contributed by atoms with Gasteiger partial charge in [-0.3, -0.25) is 4.79 Å². The Balaban J connectivity index is 1.83. The number of rotatable bonds is 5. The molecule has 0 bridgehead atoms. The number of nitrogens with zero attached hydrogens (tertiary/aromatic N) is 2. The largest absolute Gasteiger partial charge is 0.477 e. The fourth-order valence-electron chi connectivity index (χ4n) is 2.72. The first kappa shape index (κ1) is 17.2. The van der Waals surface area contributed by atoms with Crippen LogP contribution >= 0.6 is 0 Å². The molecule has 1 heterocycles. The molecular weight excluding hydrogens is 328 g/mol. The highest BCUT2D eigenvalue weighted by Gasteiger charge is 2.16. The van der Waals surface area contributed by atoms with E-state index in [1.54, 1.807) is 6.92 Å². The van der Waals surface area contributed by atoms with Crippen LogP contribution in [0, 0.1) is 11.3 Å². The first-order valence-corrected chi connectivity index (χ1v) is 8.22. The van der Waals surface area contributed by atoms with Crippen molar-refractivity contribution >= 4 is 22.4 Å². The van der Waals surface area contributed by atoms with Crippen molar-refractivity contribution in [3.63, 3.8) is 0 Å². The molecule has 0 atom stereocenters. The zero-order chi connectivity index (χ0) is 18.5. The lowest BCUT2D eigenvalue weighted by molar-refractivity contribution is 0.0945. The number of pyridine rings is 1. The van der Waals surface area contributed by atoms with Gasteiger partial charge in [0.2, 0.25) is 5.88 Å². The van der Waals surface area contributed by atoms with Gasteiger partial charge in [-0.2, -0.15) is 5.26 Å². The highest BCUT2D eigenvalue weighted by atomic mass is 16.5. The number of anilines is 1. The number of hydrogen-bond acceptors (Lipinski definition) is 5. The van der Waals surface area contributed by atoms with E-state index in [-0.39, 0.29) is 28.7 Å². The van der Waals surface area contributed by atoms with Crippen LogP contribution in [0.25, 0.3) is 10.8 Å². The van der Waals surface area contributed by atoms with Crippen molar-refractivity contribution in [3.8, 4) is 11.9 Å². The van der Waals surface area contributed by atoms with Gasteiger partial charge in [-0.25, -0.2) is 4.98 Å². The van der Waals surface area contributed by atoms with E-state index in [0.717, 1.165) is 16.3 Å². The Labute approximate surface area is 151 Å². The van der Waals surface area contributed by atoms with Crippen molar-refractivity contribution in [2.45, 2.75) is 13.5 Å². The number of fused-ring (bicyclic) bond motifs is 1. The summed E-state index contributed by atoms with van der Waals surface area (Å²) in [6.07, 6.45) is 0. The summed E-state index contributed by atoms with van der Waals surface area (Å²) in [5.74, 6) is -0.305. The number of nitrogens with two attached hydrogens (primary N) is 1. The standard InChI is InChI=1S/C20H18N4O2/c1-2-26-20-16(11-21)17(22)10-18(24-20)19(25)23-12-14-8-5-7-13-6-3-4-9-15(13)14/h3-10H,2,12H2,1H3,(H2,22,24)(H,23,25). The van der Waals surface area contributed by atoms with Crippen molar-refractivity contribution < 1.29 is 9.53 Å². The van der Waals surface area contributed by atoms with E-state index in [1.807, 2.05) is 48.5 Å². The molecule has 0 aliphatic rings. The van der Waals surface area contributed by atoms with Crippen molar-refractivity contribution in [3.05, 3.63) is 65.4 Å². The number of carbonyl (C=O) groups is 1. The van der Waals surface area contributed by atoms with Crippen LogP contribution in [0.4, 0.5) is 5.69 Å². The summed E-state index contributed by atoms with van der Waals surface area (Å²) >= 11 is 0. The van der Waals surface area contributed by atoms with E-state index in [9.17, 15) is 4.79 Å². The van der Waals surface area contributed by atoms with Crippen LogP contribution in [0.3, 0.4) is 0 Å². The fraction of sp³-hybridized carbons (Fsp3) is 0.150. The number of amides is 1. The zero-order valence-corrected chi connectivity index (χ0v) is 14.3. The minimum absolute atomic E-state index is 0.0744. The number of benzene rings is 2. The van der Waals surface area contributed by atoms with Crippen LogP contribution in [0.2, 0.25) is 0 Å². The maximum atomic E-state index is 12.5. The summed E-state index contributed by atoms with van der Waals surface area (Å²) in [4.78, 5) is 16.6. The van der Waals surface area contributed by atoms with E-state index in [4.69, 9.17) is 15.7 Å². The lowest BCUT2D eigenvalue weighted by Crippen LogP contribution is -2.24. The third-order valence-electron chi connectivity index (χ3n) is 3.96. The number of nitriles is 1. The van der Waals surface area contributed by atoms with Crippen LogP contribution < -0.4 is 15.8 Å². The van der Waals surface area contributed by atoms with Crippen LogP contribution in [0.5, 0.6) is 5.88 Å². The van der Waals surface area contributed by atoms with Gasteiger partial charge in [0.25, 0.3) is 5.91 Å². The summed E-state index contributed by atoms with van der Waals surface area (Å²) in [6.45, 7) is 2.44. The third-order valence-corrected chi connectivity index (χ3v) is 3.96. The highest BCUT2D eigenvalue weighted by Crippen LogP contribution is 2.23. The van der Waals surface area contributed by atoms with Crippen molar-refractivity contribution in [1.82, 2.24) is 10.3 Å². The minimum atomic E-state index is -0.380. The zero-order valence-electron chi connectivity index (χ0n) is 14.3. The molecule has 1 amide bonds. The maximum Gasteiger partial charge on any atom is 0.270 e. The summed E-state index contributed by atoms with van der Waals surface area (Å²) in [6, 6.07) is 17.3. The third kappa shape index (κ3) is 3.42. The Morgan fingerprint density at radius 1 is 1.27 bits per heavy atom. The molecule has 0 unspecified atom stereocenters. The normalized spacial score (nSPS) is 10.3. The highest BCUT2D eigenvalue weighted by molar-refractivity contribution is 5.94. The summed E-state index contributed by atoms with van der Waals surface area (Å²) in [5, 5.41) is 14.2. The Morgan fingerprint density at radius 2 is 2.04 bits per heavy atom. The number of carbonyl (C=O) groups excluding carboxylic acids is 1. The molecule has 3 aromatic rings. The molecule has 0 aliphatic carbocycles. The average molecular weight is 346 g/mol. The second-order valence-electron chi connectivity index (χ2n) is 5.64. The van der Waals surface area contributed by atoms with Gasteiger partial charge in [-0.1, -0.05) is 42.5 Å². The SMILES string of the molecule is CCOc1nc(C(=O)NCc2cccc3ccccc23)cc(N)c1C#N. The Bertz CT molecular complexity index is 1000. The molecule has 3 rings (SSSR count). The molecule has 130 valence electrons. The Kier molecular flexibility index (Phi) is 4.99. The van der Waals surface area contributed by atoms with E-state index in [1.165, 1.54) is 6.07 Å². The first-order valence-electron chi connectivity index (χ1n) is 8.22. The predicted molar refractivity (Wildman–Crippen MR) is 99.7 cm³/mol. The maximum absolute atomic E-state index is 12.5. The van der Waals surface area contributed by atoms with Crippen LogP contribution in [-0.4, -0.2) is 17.5 Å². The van der Waals surface area contributed by atoms with E-state index in [0.29, 0.717) is 13.2 Å². The van der Waals surface area contributed by atoms with Crippen molar-refractivity contribution in [1.29, 1.82) is 5.26 Å². The molecule has 0 aliphatic heterocycles.